The maximum absolute atomic E-state index is 13.0. The lowest BCUT2D eigenvalue weighted by atomic mass is 10.1. The van der Waals surface area contributed by atoms with Crippen molar-refractivity contribution >= 4 is 11.7 Å². The number of carbonyl (C=O) groups is 2. The number of hydrogen-bond acceptors (Lipinski definition) is 3. The largest absolute Gasteiger partial charge is 0.494 e. The molecule has 2 aromatic rings. The van der Waals surface area contributed by atoms with Crippen LogP contribution in [0.4, 0.5) is 4.39 Å². The van der Waals surface area contributed by atoms with Crippen molar-refractivity contribution in [2.45, 2.75) is 26.3 Å². The van der Waals surface area contributed by atoms with Crippen molar-refractivity contribution < 1.29 is 18.7 Å². The van der Waals surface area contributed by atoms with Crippen LogP contribution in [0.25, 0.3) is 0 Å². The third kappa shape index (κ3) is 5.50. The number of Topliss-reactive ketones (excluding diaryl/α,β-unsaturated/α-hetero) is 1. The monoisotopic (exact) mass is 329 g/mol. The third-order valence-corrected chi connectivity index (χ3v) is 3.45. The molecule has 126 valence electrons. The van der Waals surface area contributed by atoms with E-state index >= 15 is 0 Å². The number of benzene rings is 2. The molecule has 0 bridgehead atoms. The van der Waals surface area contributed by atoms with Gasteiger partial charge in [0.05, 0.1) is 6.61 Å². The van der Waals surface area contributed by atoms with E-state index in [1.54, 1.807) is 36.4 Å². The molecule has 0 aliphatic carbocycles. The number of halogens is 1. The first-order chi connectivity index (χ1) is 11.6. The van der Waals surface area contributed by atoms with E-state index in [2.05, 4.69) is 5.32 Å². The van der Waals surface area contributed by atoms with Gasteiger partial charge in [0.2, 0.25) is 5.91 Å². The minimum absolute atomic E-state index is 0.0982. The van der Waals surface area contributed by atoms with E-state index in [4.69, 9.17) is 4.74 Å². The Morgan fingerprint density at radius 2 is 1.83 bits per heavy atom. The second-order valence-corrected chi connectivity index (χ2v) is 5.29. The molecule has 4 nitrogen and oxygen atoms in total. The molecule has 0 saturated heterocycles. The van der Waals surface area contributed by atoms with Crippen LogP contribution in [-0.2, 0) is 11.3 Å². The maximum Gasteiger partial charge on any atom is 0.220 e. The Balaban J connectivity index is 1.77. The molecule has 0 unspecified atom stereocenters. The Morgan fingerprint density at radius 3 is 2.50 bits per heavy atom. The second-order valence-electron chi connectivity index (χ2n) is 5.29. The van der Waals surface area contributed by atoms with E-state index in [0.717, 1.165) is 0 Å². The summed E-state index contributed by atoms with van der Waals surface area (Å²) in [7, 11) is 0. The topological polar surface area (TPSA) is 55.4 Å². The maximum atomic E-state index is 13.0. The van der Waals surface area contributed by atoms with E-state index < -0.39 is 0 Å². The summed E-state index contributed by atoms with van der Waals surface area (Å²) >= 11 is 0. The second kappa shape index (κ2) is 8.82. The van der Waals surface area contributed by atoms with Crippen molar-refractivity contribution in [2.24, 2.45) is 0 Å². The van der Waals surface area contributed by atoms with Crippen LogP contribution in [-0.4, -0.2) is 18.3 Å². The molecule has 0 radical (unpaired) electrons. The molecule has 0 aliphatic heterocycles. The zero-order chi connectivity index (χ0) is 17.4. The van der Waals surface area contributed by atoms with Crippen LogP contribution in [0.5, 0.6) is 5.75 Å². The molecule has 0 saturated carbocycles. The van der Waals surface area contributed by atoms with Gasteiger partial charge in [-0.2, -0.15) is 0 Å². The molecule has 2 aromatic carbocycles. The van der Waals surface area contributed by atoms with Gasteiger partial charge in [0, 0.05) is 24.9 Å². The molecular weight excluding hydrogens is 309 g/mol. The van der Waals surface area contributed by atoms with Crippen LogP contribution < -0.4 is 10.1 Å². The summed E-state index contributed by atoms with van der Waals surface area (Å²) in [6.07, 6.45) is 0.227. The average Bonchev–Trinajstić information content (AvgIpc) is 2.59. The molecule has 2 rings (SSSR count). The van der Waals surface area contributed by atoms with Crippen molar-refractivity contribution in [1.82, 2.24) is 5.32 Å². The van der Waals surface area contributed by atoms with Gasteiger partial charge >= 0.3 is 0 Å². The molecule has 0 fully saturated rings. The highest BCUT2D eigenvalue weighted by Gasteiger charge is 2.09. The first kappa shape index (κ1) is 17.7. The highest BCUT2D eigenvalue weighted by atomic mass is 19.1. The predicted octanol–water partition coefficient (Wildman–Crippen LogP) is 3.50. The molecule has 0 aromatic heterocycles. The Bertz CT molecular complexity index is 698. The first-order valence-corrected chi connectivity index (χ1v) is 7.85. The van der Waals surface area contributed by atoms with Crippen LogP contribution in [0, 0.1) is 5.82 Å². The summed E-state index contributed by atoms with van der Waals surface area (Å²) in [5.74, 6) is 0.0341. The number of rotatable bonds is 8. The number of ketones is 1. The van der Waals surface area contributed by atoms with Gasteiger partial charge in [-0.3, -0.25) is 9.59 Å². The minimum atomic E-state index is -0.340. The van der Waals surface area contributed by atoms with E-state index in [1.807, 2.05) is 6.92 Å². The van der Waals surface area contributed by atoms with Crippen LogP contribution >= 0.6 is 0 Å². The Hall–Kier alpha value is -2.69. The van der Waals surface area contributed by atoms with Gasteiger partial charge in [-0.25, -0.2) is 4.39 Å². The summed E-state index contributed by atoms with van der Waals surface area (Å²) < 4.78 is 18.4. The molecule has 5 heteroatoms. The number of hydrogen-bond donors (Lipinski definition) is 1. The van der Waals surface area contributed by atoms with E-state index in [9.17, 15) is 14.0 Å². The Labute approximate surface area is 140 Å². The van der Waals surface area contributed by atoms with Gasteiger partial charge in [-0.15, -0.1) is 0 Å². The molecular formula is C19H20FNO3. The molecule has 0 atom stereocenters. The summed E-state index contributed by atoms with van der Waals surface area (Å²) in [4.78, 5) is 23.9. The van der Waals surface area contributed by atoms with Gasteiger partial charge in [0.15, 0.2) is 5.78 Å². The SMILES string of the molecule is CCOc1ccc(C(=O)CCC(=O)NCc2cccc(F)c2)cc1. The molecule has 0 heterocycles. The number of amides is 1. The highest BCUT2D eigenvalue weighted by Crippen LogP contribution is 2.14. The summed E-state index contributed by atoms with van der Waals surface area (Å²) in [5, 5.41) is 2.68. The first-order valence-electron chi connectivity index (χ1n) is 7.85. The summed E-state index contributed by atoms with van der Waals surface area (Å²) in [5.41, 5.74) is 1.23. The molecule has 24 heavy (non-hydrogen) atoms. The lowest BCUT2D eigenvalue weighted by molar-refractivity contribution is -0.121. The quantitative estimate of drug-likeness (QED) is 0.754. The fourth-order valence-electron chi connectivity index (χ4n) is 2.21. The summed E-state index contributed by atoms with van der Waals surface area (Å²) in [6.45, 7) is 2.70. The van der Waals surface area contributed by atoms with Gasteiger partial charge in [0.1, 0.15) is 11.6 Å². The van der Waals surface area contributed by atoms with E-state index in [0.29, 0.717) is 23.5 Å². The molecule has 0 aliphatic rings. The Kier molecular flexibility index (Phi) is 6.49. The van der Waals surface area contributed by atoms with Crippen molar-refractivity contribution in [3.63, 3.8) is 0 Å². The normalized spacial score (nSPS) is 10.2. The smallest absolute Gasteiger partial charge is 0.220 e. The van der Waals surface area contributed by atoms with E-state index in [1.165, 1.54) is 12.1 Å². The van der Waals surface area contributed by atoms with E-state index in [-0.39, 0.29) is 36.9 Å². The number of nitrogens with one attached hydrogen (secondary N) is 1. The van der Waals surface area contributed by atoms with Crippen LogP contribution in [0.3, 0.4) is 0 Å². The van der Waals surface area contributed by atoms with Crippen molar-refractivity contribution in [3.8, 4) is 5.75 Å². The van der Waals surface area contributed by atoms with Crippen LogP contribution in [0.2, 0.25) is 0 Å². The van der Waals surface area contributed by atoms with Crippen molar-refractivity contribution in [2.75, 3.05) is 6.61 Å². The fourth-order valence-corrected chi connectivity index (χ4v) is 2.21. The van der Waals surface area contributed by atoms with Crippen molar-refractivity contribution in [1.29, 1.82) is 0 Å². The van der Waals surface area contributed by atoms with Gasteiger partial charge in [0.25, 0.3) is 0 Å². The average molecular weight is 329 g/mol. The van der Waals surface area contributed by atoms with Gasteiger partial charge in [-0.05, 0) is 48.9 Å². The lowest BCUT2D eigenvalue weighted by Crippen LogP contribution is -2.23. The molecule has 1 N–H and O–H groups in total. The predicted molar refractivity (Wildman–Crippen MR) is 89.4 cm³/mol. The third-order valence-electron chi connectivity index (χ3n) is 3.45. The van der Waals surface area contributed by atoms with Crippen molar-refractivity contribution in [3.05, 3.63) is 65.5 Å². The van der Waals surface area contributed by atoms with Crippen LogP contribution in [0.15, 0.2) is 48.5 Å². The summed E-state index contributed by atoms with van der Waals surface area (Å²) in [6, 6.07) is 12.9. The Morgan fingerprint density at radius 1 is 1.08 bits per heavy atom. The van der Waals surface area contributed by atoms with Gasteiger partial charge in [-0.1, -0.05) is 12.1 Å². The number of carbonyl (C=O) groups excluding carboxylic acids is 2. The highest BCUT2D eigenvalue weighted by molar-refractivity contribution is 5.98. The minimum Gasteiger partial charge on any atom is -0.494 e. The molecule has 1 amide bonds. The van der Waals surface area contributed by atoms with Crippen LogP contribution in [0.1, 0.15) is 35.7 Å². The number of ether oxygens (including phenoxy) is 1. The van der Waals surface area contributed by atoms with Gasteiger partial charge < -0.3 is 10.1 Å². The standard InChI is InChI=1S/C19H20FNO3/c1-2-24-17-8-6-15(7-9-17)18(22)10-11-19(23)21-13-14-4-3-5-16(20)12-14/h3-9,12H,2,10-11,13H2,1H3,(H,21,23). The fraction of sp³-hybridized carbons (Fsp3) is 0.263. The zero-order valence-electron chi connectivity index (χ0n) is 13.5. The lowest BCUT2D eigenvalue weighted by Gasteiger charge is -2.06. The molecule has 0 spiro atoms. The zero-order valence-corrected chi connectivity index (χ0v) is 13.5.